The summed E-state index contributed by atoms with van der Waals surface area (Å²) in [6.07, 6.45) is -0.462. The highest BCUT2D eigenvalue weighted by Crippen LogP contribution is 2.37. The number of hydrogen-bond acceptors (Lipinski definition) is 6. The van der Waals surface area contributed by atoms with Crippen molar-refractivity contribution in [2.24, 2.45) is 0 Å². The minimum atomic E-state index is -0.914. The third kappa shape index (κ3) is 6.01. The van der Waals surface area contributed by atoms with Crippen LogP contribution in [-0.2, 0) is 30.0 Å². The molecule has 1 aromatic rings. The van der Waals surface area contributed by atoms with E-state index in [2.05, 4.69) is 5.32 Å². The third-order valence-corrected chi connectivity index (χ3v) is 5.86. The van der Waals surface area contributed by atoms with Crippen LogP contribution in [0.1, 0.15) is 65.2 Å². The van der Waals surface area contributed by atoms with Gasteiger partial charge in [0.25, 0.3) is 0 Å². The van der Waals surface area contributed by atoms with Crippen molar-refractivity contribution < 1.29 is 28.4 Å². The molecule has 2 rings (SSSR count). The number of amides is 1. The van der Waals surface area contributed by atoms with Crippen LogP contribution >= 0.6 is 0 Å². The first-order valence-electron chi connectivity index (χ1n) is 10.6. The zero-order valence-electron chi connectivity index (χ0n) is 20.5. The van der Waals surface area contributed by atoms with E-state index in [-0.39, 0.29) is 6.42 Å². The van der Waals surface area contributed by atoms with Gasteiger partial charge in [0, 0.05) is 6.42 Å². The van der Waals surface area contributed by atoms with E-state index in [0.717, 1.165) is 22.2 Å². The first kappa shape index (κ1) is 25.2. The molecule has 1 aromatic carbocycles. The Morgan fingerprint density at radius 2 is 1.58 bits per heavy atom. The fourth-order valence-corrected chi connectivity index (χ4v) is 3.27. The Labute approximate surface area is 186 Å². The minimum absolute atomic E-state index is 0.215. The molecular weight excluding hydrogens is 397 g/mol. The number of esters is 1. The largest absolute Gasteiger partial charge is 0.495 e. The van der Waals surface area contributed by atoms with Gasteiger partial charge in [-0.1, -0.05) is 12.1 Å². The van der Waals surface area contributed by atoms with Gasteiger partial charge in [0.15, 0.2) is 0 Å². The molecular formula is C23H36BNO6. The lowest BCUT2D eigenvalue weighted by Crippen LogP contribution is -2.47. The normalized spacial score (nSPS) is 18.5. The van der Waals surface area contributed by atoms with Gasteiger partial charge >= 0.3 is 19.2 Å². The Kier molecular flexibility index (Phi) is 7.18. The summed E-state index contributed by atoms with van der Waals surface area (Å²) >= 11 is 0. The summed E-state index contributed by atoms with van der Waals surface area (Å²) in [7, 11) is 0.709. The van der Waals surface area contributed by atoms with Gasteiger partial charge in [-0.3, -0.25) is 0 Å². The first-order chi connectivity index (χ1) is 14.1. The molecule has 0 spiro atoms. The van der Waals surface area contributed by atoms with Gasteiger partial charge in [-0.25, -0.2) is 9.59 Å². The van der Waals surface area contributed by atoms with Crippen molar-refractivity contribution in [3.63, 3.8) is 0 Å². The molecule has 1 amide bonds. The Hall–Kier alpha value is -2.06. The summed E-state index contributed by atoms with van der Waals surface area (Å²) in [6, 6.07) is 3.11. The van der Waals surface area contributed by atoms with E-state index in [4.69, 9.17) is 18.8 Å². The lowest BCUT2D eigenvalue weighted by atomic mass is 9.73. The summed E-state index contributed by atoms with van der Waals surface area (Å²) in [5, 5.41) is 2.64. The first-order valence-corrected chi connectivity index (χ1v) is 10.6. The van der Waals surface area contributed by atoms with Gasteiger partial charge in [0.05, 0.1) is 18.3 Å². The highest BCUT2D eigenvalue weighted by atomic mass is 16.7. The molecule has 1 fully saturated rings. The molecule has 1 atom stereocenters. The van der Waals surface area contributed by atoms with Crippen LogP contribution in [-0.4, -0.2) is 49.1 Å². The van der Waals surface area contributed by atoms with Crippen molar-refractivity contribution in [3.05, 3.63) is 28.8 Å². The van der Waals surface area contributed by atoms with Crippen molar-refractivity contribution in [3.8, 4) is 0 Å². The predicted octanol–water partition coefficient (Wildman–Crippen LogP) is 3.21. The quantitative estimate of drug-likeness (QED) is 0.567. The van der Waals surface area contributed by atoms with E-state index in [0.29, 0.717) is 0 Å². The molecule has 0 aromatic heterocycles. The predicted molar refractivity (Wildman–Crippen MR) is 121 cm³/mol. The number of carbonyl (C=O) groups is 2. The van der Waals surface area contributed by atoms with E-state index >= 15 is 0 Å². The highest BCUT2D eigenvalue weighted by molar-refractivity contribution is 6.62. The van der Waals surface area contributed by atoms with Gasteiger partial charge in [-0.15, -0.1) is 0 Å². The maximum absolute atomic E-state index is 12.5. The van der Waals surface area contributed by atoms with Gasteiger partial charge < -0.3 is 24.1 Å². The summed E-state index contributed by atoms with van der Waals surface area (Å²) in [5.74, 6) is -0.552. The van der Waals surface area contributed by atoms with Crippen LogP contribution in [0.4, 0.5) is 4.79 Å². The van der Waals surface area contributed by atoms with Crippen LogP contribution in [0, 0.1) is 13.8 Å². The second-order valence-corrected chi connectivity index (χ2v) is 10.1. The lowest BCUT2D eigenvalue weighted by molar-refractivity contribution is -0.143. The average molecular weight is 433 g/mol. The molecule has 1 N–H and O–H groups in total. The average Bonchev–Trinajstić information content (AvgIpc) is 2.82. The molecule has 1 saturated heterocycles. The number of ether oxygens (including phenoxy) is 2. The van der Waals surface area contributed by atoms with Crippen LogP contribution in [0.5, 0.6) is 0 Å². The van der Waals surface area contributed by atoms with Crippen molar-refractivity contribution in [2.75, 3.05) is 7.11 Å². The maximum Gasteiger partial charge on any atom is 0.495 e. The SMILES string of the molecule is COC(=O)[C@H](Cc1cc(C)c(C)cc1B1OC(C)(C)C(C)(C)O1)NC(=O)OC(C)(C)C. The fourth-order valence-electron chi connectivity index (χ4n) is 3.27. The molecule has 0 bridgehead atoms. The zero-order chi connectivity index (χ0) is 23.8. The zero-order valence-corrected chi connectivity index (χ0v) is 20.5. The van der Waals surface area contributed by atoms with E-state index in [1.165, 1.54) is 7.11 Å². The standard InChI is InChI=1S/C23H36BNO6/c1-14-11-16(13-18(19(26)28-10)25-20(27)29-21(3,4)5)17(12-15(14)2)24-30-22(6,7)23(8,9)31-24/h11-12,18H,13H2,1-10H3,(H,25,27)/t18-/m0/s1. The Bertz CT molecular complexity index is 827. The van der Waals surface area contributed by atoms with E-state index < -0.39 is 42.0 Å². The number of hydrogen-bond donors (Lipinski definition) is 1. The Morgan fingerprint density at radius 3 is 2.06 bits per heavy atom. The number of methoxy groups -OCH3 is 1. The van der Waals surface area contributed by atoms with E-state index in [1.807, 2.05) is 53.7 Å². The smallest absolute Gasteiger partial charge is 0.467 e. The van der Waals surface area contributed by atoms with Gasteiger partial charge in [0.2, 0.25) is 0 Å². The second kappa shape index (κ2) is 8.83. The fraction of sp³-hybridized carbons (Fsp3) is 0.652. The summed E-state index contributed by atoms with van der Waals surface area (Å²) < 4.78 is 22.8. The van der Waals surface area contributed by atoms with E-state index in [1.54, 1.807) is 20.8 Å². The Morgan fingerprint density at radius 1 is 1.06 bits per heavy atom. The van der Waals surface area contributed by atoms with Gasteiger partial charge in [-0.2, -0.15) is 0 Å². The van der Waals surface area contributed by atoms with Crippen LogP contribution in [0.25, 0.3) is 0 Å². The molecule has 0 radical (unpaired) electrons. The molecule has 8 heteroatoms. The minimum Gasteiger partial charge on any atom is -0.467 e. The molecule has 0 unspecified atom stereocenters. The third-order valence-electron chi connectivity index (χ3n) is 5.86. The molecule has 1 heterocycles. The number of aryl methyl sites for hydroxylation is 2. The molecule has 0 aliphatic carbocycles. The monoisotopic (exact) mass is 433 g/mol. The summed E-state index contributed by atoms with van der Waals surface area (Å²) in [4.78, 5) is 24.8. The van der Waals surface area contributed by atoms with Gasteiger partial charge in [-0.05, 0) is 84.5 Å². The van der Waals surface area contributed by atoms with E-state index in [9.17, 15) is 9.59 Å². The second-order valence-electron chi connectivity index (χ2n) is 10.1. The summed E-state index contributed by atoms with van der Waals surface area (Å²) in [5.41, 5.74) is 2.15. The molecule has 7 nitrogen and oxygen atoms in total. The molecule has 31 heavy (non-hydrogen) atoms. The number of nitrogens with one attached hydrogen (secondary N) is 1. The topological polar surface area (TPSA) is 83.1 Å². The highest BCUT2D eigenvalue weighted by Gasteiger charge is 2.52. The van der Waals surface area contributed by atoms with Crippen molar-refractivity contribution in [1.82, 2.24) is 5.32 Å². The number of alkyl carbamates (subject to hydrolysis) is 1. The van der Waals surface area contributed by atoms with Crippen LogP contribution in [0.15, 0.2) is 12.1 Å². The van der Waals surface area contributed by atoms with Crippen molar-refractivity contribution in [1.29, 1.82) is 0 Å². The van der Waals surface area contributed by atoms with Crippen LogP contribution in [0.3, 0.4) is 0 Å². The summed E-state index contributed by atoms with van der Waals surface area (Å²) in [6.45, 7) is 17.3. The number of rotatable bonds is 5. The van der Waals surface area contributed by atoms with Gasteiger partial charge in [0.1, 0.15) is 11.6 Å². The van der Waals surface area contributed by atoms with Crippen molar-refractivity contribution >= 4 is 24.6 Å². The van der Waals surface area contributed by atoms with Crippen molar-refractivity contribution in [2.45, 2.75) is 91.6 Å². The Balaban J connectivity index is 2.38. The molecule has 0 saturated carbocycles. The number of carbonyl (C=O) groups excluding carboxylic acids is 2. The molecule has 172 valence electrons. The van der Waals surface area contributed by atoms with Crippen LogP contribution in [0.2, 0.25) is 0 Å². The maximum atomic E-state index is 12.5. The lowest BCUT2D eigenvalue weighted by Gasteiger charge is -2.32. The number of benzene rings is 1. The molecule has 1 aliphatic heterocycles. The van der Waals surface area contributed by atoms with Crippen LogP contribution < -0.4 is 10.8 Å². The molecule has 1 aliphatic rings.